The zero-order valence-electron chi connectivity index (χ0n) is 17.9. The molecule has 0 radical (unpaired) electrons. The number of thiophene rings is 1. The first-order valence-electron chi connectivity index (χ1n) is 10.6. The van der Waals surface area contributed by atoms with Crippen LogP contribution >= 0.6 is 11.3 Å². The number of benzene rings is 2. The van der Waals surface area contributed by atoms with Crippen LogP contribution in [0.5, 0.6) is 5.75 Å². The van der Waals surface area contributed by atoms with Gasteiger partial charge in [-0.05, 0) is 73.5 Å². The largest absolute Gasteiger partial charge is 0.494 e. The third-order valence-corrected chi connectivity index (χ3v) is 6.28. The van der Waals surface area contributed by atoms with Gasteiger partial charge < -0.3 is 14.6 Å². The standard InChI is InChI=1S/C25H27N3O2S/c1-18-11-12-20(16-19(18)2)30-14-6-5-13-28-22-9-4-3-8-21(22)27-24(28)17-26-25(29)23-10-7-15-31-23/h3-4,7-12,15-16H,5-6,13-14,17H2,1-2H3,(H,26,29). The molecule has 31 heavy (non-hydrogen) atoms. The molecule has 0 aliphatic rings. The Bertz CT molecular complexity index is 1160. The summed E-state index contributed by atoms with van der Waals surface area (Å²) in [6.45, 7) is 6.13. The summed E-state index contributed by atoms with van der Waals surface area (Å²) in [5.41, 5.74) is 4.57. The summed E-state index contributed by atoms with van der Waals surface area (Å²) in [4.78, 5) is 17.8. The van der Waals surface area contributed by atoms with Crippen molar-refractivity contribution in [1.82, 2.24) is 14.9 Å². The van der Waals surface area contributed by atoms with Gasteiger partial charge in [0.15, 0.2) is 0 Å². The predicted molar refractivity (Wildman–Crippen MR) is 126 cm³/mol. The second kappa shape index (κ2) is 9.79. The van der Waals surface area contributed by atoms with E-state index >= 15 is 0 Å². The third-order valence-electron chi connectivity index (χ3n) is 5.41. The van der Waals surface area contributed by atoms with E-state index in [1.165, 1.54) is 22.5 Å². The smallest absolute Gasteiger partial charge is 0.261 e. The van der Waals surface area contributed by atoms with E-state index < -0.39 is 0 Å². The minimum atomic E-state index is -0.0598. The molecule has 4 rings (SSSR count). The van der Waals surface area contributed by atoms with E-state index in [9.17, 15) is 4.79 Å². The number of fused-ring (bicyclic) bond motifs is 1. The molecule has 2 heterocycles. The van der Waals surface area contributed by atoms with Crippen molar-refractivity contribution < 1.29 is 9.53 Å². The fourth-order valence-corrected chi connectivity index (χ4v) is 4.17. The minimum absolute atomic E-state index is 0.0598. The van der Waals surface area contributed by atoms with E-state index in [0.29, 0.717) is 18.0 Å². The normalized spacial score (nSPS) is 11.0. The molecule has 0 aliphatic carbocycles. The number of para-hydroxylation sites is 2. The Balaban J connectivity index is 1.36. The first-order valence-corrected chi connectivity index (χ1v) is 11.5. The fraction of sp³-hybridized carbons (Fsp3) is 0.280. The summed E-state index contributed by atoms with van der Waals surface area (Å²) in [6.07, 6.45) is 1.91. The first-order chi connectivity index (χ1) is 15.1. The van der Waals surface area contributed by atoms with Crippen molar-refractivity contribution in [3.8, 4) is 5.75 Å². The number of amides is 1. The highest BCUT2D eigenvalue weighted by molar-refractivity contribution is 7.12. The molecule has 0 spiro atoms. The second-order valence-corrected chi connectivity index (χ2v) is 8.58. The lowest BCUT2D eigenvalue weighted by atomic mass is 10.1. The van der Waals surface area contributed by atoms with Crippen molar-refractivity contribution in [3.63, 3.8) is 0 Å². The summed E-state index contributed by atoms with van der Waals surface area (Å²) in [7, 11) is 0. The quantitative estimate of drug-likeness (QED) is 0.354. The number of nitrogens with zero attached hydrogens (tertiary/aromatic N) is 2. The first kappa shape index (κ1) is 21.1. The number of hydrogen-bond donors (Lipinski definition) is 1. The number of ether oxygens (including phenoxy) is 1. The van der Waals surface area contributed by atoms with Gasteiger partial charge in [-0.2, -0.15) is 0 Å². The lowest BCUT2D eigenvalue weighted by Gasteiger charge is -2.11. The Labute approximate surface area is 186 Å². The number of rotatable bonds is 9. The zero-order valence-corrected chi connectivity index (χ0v) is 18.7. The van der Waals surface area contributed by atoms with Gasteiger partial charge in [-0.3, -0.25) is 4.79 Å². The number of nitrogens with one attached hydrogen (secondary N) is 1. The lowest BCUT2D eigenvalue weighted by molar-refractivity contribution is 0.0953. The maximum Gasteiger partial charge on any atom is 0.261 e. The second-order valence-electron chi connectivity index (χ2n) is 7.63. The summed E-state index contributed by atoms with van der Waals surface area (Å²) >= 11 is 1.44. The highest BCUT2D eigenvalue weighted by Crippen LogP contribution is 2.19. The van der Waals surface area contributed by atoms with Crippen LogP contribution in [-0.2, 0) is 13.1 Å². The molecule has 2 aromatic carbocycles. The molecular weight excluding hydrogens is 406 g/mol. The maximum absolute atomic E-state index is 12.3. The summed E-state index contributed by atoms with van der Waals surface area (Å²) in [6, 6.07) is 18.0. The monoisotopic (exact) mass is 433 g/mol. The van der Waals surface area contributed by atoms with E-state index in [1.54, 1.807) is 0 Å². The zero-order chi connectivity index (χ0) is 21.6. The van der Waals surface area contributed by atoms with E-state index in [2.05, 4.69) is 41.9 Å². The van der Waals surface area contributed by atoms with Gasteiger partial charge in [-0.15, -0.1) is 11.3 Å². The number of imidazole rings is 1. The average molecular weight is 434 g/mol. The van der Waals surface area contributed by atoms with Gasteiger partial charge in [0, 0.05) is 6.54 Å². The molecule has 1 amide bonds. The van der Waals surface area contributed by atoms with Gasteiger partial charge >= 0.3 is 0 Å². The van der Waals surface area contributed by atoms with Crippen LogP contribution < -0.4 is 10.1 Å². The Hall–Kier alpha value is -3.12. The molecule has 0 saturated heterocycles. The number of carbonyl (C=O) groups excluding carboxylic acids is 1. The van der Waals surface area contributed by atoms with Crippen LogP contribution in [0.15, 0.2) is 60.0 Å². The molecule has 0 fully saturated rings. The number of hydrogen-bond acceptors (Lipinski definition) is 4. The van der Waals surface area contributed by atoms with Crippen LogP contribution in [0, 0.1) is 13.8 Å². The molecule has 1 N–H and O–H groups in total. The minimum Gasteiger partial charge on any atom is -0.494 e. The molecule has 0 unspecified atom stereocenters. The van der Waals surface area contributed by atoms with Crippen molar-refractivity contribution in [1.29, 1.82) is 0 Å². The topological polar surface area (TPSA) is 56.1 Å². The van der Waals surface area contributed by atoms with Crippen LogP contribution in [0.2, 0.25) is 0 Å². The Morgan fingerprint density at radius 2 is 1.94 bits per heavy atom. The Kier molecular flexibility index (Phi) is 6.67. The number of carbonyl (C=O) groups is 1. The SMILES string of the molecule is Cc1ccc(OCCCCn2c(CNC(=O)c3cccs3)nc3ccccc32)cc1C. The van der Waals surface area contributed by atoms with Crippen LogP contribution in [0.3, 0.4) is 0 Å². The van der Waals surface area contributed by atoms with E-state index in [-0.39, 0.29) is 5.91 Å². The lowest BCUT2D eigenvalue weighted by Crippen LogP contribution is -2.24. The molecule has 0 saturated carbocycles. The molecule has 2 aromatic heterocycles. The number of aromatic nitrogens is 2. The molecule has 160 valence electrons. The molecular formula is C25H27N3O2S. The molecule has 6 heteroatoms. The number of aryl methyl sites for hydroxylation is 3. The van der Waals surface area contributed by atoms with Crippen molar-refractivity contribution in [3.05, 3.63) is 81.8 Å². The summed E-state index contributed by atoms with van der Waals surface area (Å²) in [5.74, 6) is 1.74. The number of unbranched alkanes of at least 4 members (excludes halogenated alkanes) is 1. The van der Waals surface area contributed by atoms with Gasteiger partial charge in [0.2, 0.25) is 0 Å². The van der Waals surface area contributed by atoms with Gasteiger partial charge in [-0.1, -0.05) is 24.3 Å². The fourth-order valence-electron chi connectivity index (χ4n) is 3.53. The van der Waals surface area contributed by atoms with Crippen LogP contribution in [0.1, 0.15) is 39.5 Å². The molecule has 4 aromatic rings. The van der Waals surface area contributed by atoms with E-state index in [1.807, 2.05) is 41.8 Å². The van der Waals surface area contributed by atoms with Crippen molar-refractivity contribution in [2.24, 2.45) is 0 Å². The van der Waals surface area contributed by atoms with Gasteiger partial charge in [0.1, 0.15) is 11.6 Å². The van der Waals surface area contributed by atoms with Crippen molar-refractivity contribution >= 4 is 28.3 Å². The van der Waals surface area contributed by atoms with Crippen LogP contribution in [-0.4, -0.2) is 22.1 Å². The Morgan fingerprint density at radius 3 is 2.74 bits per heavy atom. The summed E-state index contributed by atoms with van der Waals surface area (Å²) < 4.78 is 8.13. The molecule has 0 aliphatic heterocycles. The van der Waals surface area contributed by atoms with Gasteiger partial charge in [-0.25, -0.2) is 4.98 Å². The van der Waals surface area contributed by atoms with E-state index in [0.717, 1.165) is 42.0 Å². The van der Waals surface area contributed by atoms with Crippen LogP contribution in [0.25, 0.3) is 11.0 Å². The maximum atomic E-state index is 12.3. The Morgan fingerprint density at radius 1 is 1.06 bits per heavy atom. The average Bonchev–Trinajstić information content (AvgIpc) is 3.43. The molecule has 0 bridgehead atoms. The van der Waals surface area contributed by atoms with E-state index in [4.69, 9.17) is 9.72 Å². The third kappa shape index (κ3) is 5.14. The molecule has 0 atom stereocenters. The highest BCUT2D eigenvalue weighted by Gasteiger charge is 2.12. The van der Waals surface area contributed by atoms with Crippen LogP contribution in [0.4, 0.5) is 0 Å². The summed E-state index contributed by atoms with van der Waals surface area (Å²) in [5, 5.41) is 4.91. The van der Waals surface area contributed by atoms with Gasteiger partial charge in [0.25, 0.3) is 5.91 Å². The highest BCUT2D eigenvalue weighted by atomic mass is 32.1. The predicted octanol–water partition coefficient (Wildman–Crippen LogP) is 5.50. The molecule has 5 nitrogen and oxygen atoms in total. The van der Waals surface area contributed by atoms with Crippen molar-refractivity contribution in [2.75, 3.05) is 6.61 Å². The van der Waals surface area contributed by atoms with Gasteiger partial charge in [0.05, 0.1) is 29.1 Å². The van der Waals surface area contributed by atoms with Crippen molar-refractivity contribution in [2.45, 2.75) is 39.8 Å².